The fraction of sp³-hybridized carbons (Fsp3) is 0.556. The van der Waals surface area contributed by atoms with Gasteiger partial charge < -0.3 is 16.0 Å². The molecule has 0 aromatic carbocycles. The number of hydrogen-bond acceptors (Lipinski definition) is 5. The van der Waals surface area contributed by atoms with Gasteiger partial charge in [0.25, 0.3) is 5.91 Å². The van der Waals surface area contributed by atoms with Crippen molar-refractivity contribution >= 4 is 28.2 Å². The summed E-state index contributed by atoms with van der Waals surface area (Å²) in [4.78, 5) is 18.1. The molecule has 1 heterocycles. The number of nitrogens with one attached hydrogen (secondary N) is 1. The van der Waals surface area contributed by atoms with E-state index in [-0.39, 0.29) is 5.91 Å². The minimum absolute atomic E-state index is 0.177. The van der Waals surface area contributed by atoms with Crippen LogP contribution in [-0.4, -0.2) is 31.0 Å². The van der Waals surface area contributed by atoms with Gasteiger partial charge >= 0.3 is 0 Å². The van der Waals surface area contributed by atoms with Crippen molar-refractivity contribution < 1.29 is 4.79 Å². The Morgan fingerprint density at radius 3 is 2.60 bits per heavy atom. The molecule has 5 nitrogen and oxygen atoms in total. The molecule has 6 heteroatoms. The molecule has 1 aromatic rings. The number of carbonyl (C=O) groups excluding carboxylic acids is 1. The lowest BCUT2D eigenvalue weighted by atomic mass is 10.5. The van der Waals surface area contributed by atoms with Gasteiger partial charge in [0.2, 0.25) is 0 Å². The topological polar surface area (TPSA) is 71.2 Å². The standard InChI is InChI=1S/C9H16N4OS/c1-4-13(5-2)9-12-7(10)6(15-9)8(14)11-3/h4-5,10H2,1-3H3,(H,11,14). The van der Waals surface area contributed by atoms with Crippen LogP contribution in [0.3, 0.4) is 0 Å². The molecule has 84 valence electrons. The molecule has 1 aromatic heterocycles. The first-order valence-electron chi connectivity index (χ1n) is 4.87. The highest BCUT2D eigenvalue weighted by Crippen LogP contribution is 2.27. The molecule has 1 rings (SSSR count). The summed E-state index contributed by atoms with van der Waals surface area (Å²) in [6, 6.07) is 0. The van der Waals surface area contributed by atoms with Gasteiger partial charge in [-0.2, -0.15) is 0 Å². The number of rotatable bonds is 4. The Kier molecular flexibility index (Phi) is 3.90. The Morgan fingerprint density at radius 1 is 1.53 bits per heavy atom. The van der Waals surface area contributed by atoms with Crippen molar-refractivity contribution in [3.63, 3.8) is 0 Å². The van der Waals surface area contributed by atoms with Crippen LogP contribution >= 0.6 is 11.3 Å². The highest BCUT2D eigenvalue weighted by Gasteiger charge is 2.17. The van der Waals surface area contributed by atoms with Crippen molar-refractivity contribution in [3.8, 4) is 0 Å². The van der Waals surface area contributed by atoms with E-state index in [2.05, 4.69) is 15.2 Å². The maximum Gasteiger partial charge on any atom is 0.265 e. The molecular formula is C9H16N4OS. The molecule has 0 fully saturated rings. The fourth-order valence-corrected chi connectivity index (χ4v) is 2.28. The van der Waals surface area contributed by atoms with E-state index in [0.717, 1.165) is 18.2 Å². The quantitative estimate of drug-likeness (QED) is 0.804. The molecule has 0 atom stereocenters. The van der Waals surface area contributed by atoms with Crippen LogP contribution in [0.25, 0.3) is 0 Å². The molecule has 0 unspecified atom stereocenters. The maximum atomic E-state index is 11.4. The van der Waals surface area contributed by atoms with E-state index in [1.807, 2.05) is 13.8 Å². The van der Waals surface area contributed by atoms with E-state index in [1.165, 1.54) is 11.3 Å². The van der Waals surface area contributed by atoms with Gasteiger partial charge in [-0.3, -0.25) is 4.79 Å². The molecule has 0 bridgehead atoms. The predicted octanol–water partition coefficient (Wildman–Crippen LogP) is 0.931. The molecule has 0 saturated heterocycles. The zero-order valence-electron chi connectivity index (χ0n) is 9.20. The van der Waals surface area contributed by atoms with Crippen molar-refractivity contribution in [2.24, 2.45) is 0 Å². The van der Waals surface area contributed by atoms with Crippen LogP contribution in [0, 0.1) is 0 Å². The van der Waals surface area contributed by atoms with Crippen LogP contribution < -0.4 is 16.0 Å². The van der Waals surface area contributed by atoms with Crippen LogP contribution in [0.2, 0.25) is 0 Å². The average molecular weight is 228 g/mol. The molecule has 0 aliphatic rings. The highest BCUT2D eigenvalue weighted by molar-refractivity contribution is 7.18. The van der Waals surface area contributed by atoms with E-state index in [4.69, 9.17) is 5.73 Å². The number of nitrogens with two attached hydrogens (primary N) is 1. The summed E-state index contributed by atoms with van der Waals surface area (Å²) in [5.74, 6) is 0.129. The SMILES string of the molecule is CCN(CC)c1nc(N)c(C(=O)NC)s1. The summed E-state index contributed by atoms with van der Waals surface area (Å²) in [5, 5.41) is 3.35. The largest absolute Gasteiger partial charge is 0.382 e. The van der Waals surface area contributed by atoms with Gasteiger partial charge in [0, 0.05) is 20.1 Å². The predicted molar refractivity (Wildman–Crippen MR) is 63.5 cm³/mol. The number of nitrogens with zero attached hydrogens (tertiary/aromatic N) is 2. The molecular weight excluding hydrogens is 212 g/mol. The minimum Gasteiger partial charge on any atom is -0.382 e. The minimum atomic E-state index is -0.177. The van der Waals surface area contributed by atoms with Crippen molar-refractivity contribution in [2.45, 2.75) is 13.8 Å². The molecule has 0 aliphatic heterocycles. The molecule has 15 heavy (non-hydrogen) atoms. The molecule has 0 aliphatic carbocycles. The number of nitrogen functional groups attached to an aromatic ring is 1. The zero-order chi connectivity index (χ0) is 11.4. The Hall–Kier alpha value is -1.30. The van der Waals surface area contributed by atoms with Crippen molar-refractivity contribution in [3.05, 3.63) is 4.88 Å². The lowest BCUT2D eigenvalue weighted by Gasteiger charge is -2.16. The van der Waals surface area contributed by atoms with Crippen molar-refractivity contribution in [2.75, 3.05) is 30.8 Å². The third-order valence-corrected chi connectivity index (χ3v) is 3.24. The number of amides is 1. The Bertz CT molecular complexity index is 346. The molecule has 3 N–H and O–H groups in total. The van der Waals surface area contributed by atoms with Crippen LogP contribution in [-0.2, 0) is 0 Å². The highest BCUT2D eigenvalue weighted by atomic mass is 32.1. The summed E-state index contributed by atoms with van der Waals surface area (Å²) in [5.41, 5.74) is 5.68. The first-order valence-corrected chi connectivity index (χ1v) is 5.69. The van der Waals surface area contributed by atoms with Crippen LogP contribution in [0.15, 0.2) is 0 Å². The van der Waals surface area contributed by atoms with Gasteiger partial charge in [-0.1, -0.05) is 11.3 Å². The molecule has 0 radical (unpaired) electrons. The average Bonchev–Trinajstić information content (AvgIpc) is 2.61. The van der Waals surface area contributed by atoms with Crippen molar-refractivity contribution in [1.29, 1.82) is 0 Å². The smallest absolute Gasteiger partial charge is 0.265 e. The van der Waals surface area contributed by atoms with Crippen LogP contribution in [0.1, 0.15) is 23.5 Å². The van der Waals surface area contributed by atoms with E-state index in [1.54, 1.807) is 7.05 Å². The number of aromatic nitrogens is 1. The van der Waals surface area contributed by atoms with E-state index in [9.17, 15) is 4.79 Å². The lowest BCUT2D eigenvalue weighted by Crippen LogP contribution is -2.21. The Morgan fingerprint density at radius 2 is 2.13 bits per heavy atom. The first-order chi connectivity index (χ1) is 7.13. The second-order valence-electron chi connectivity index (χ2n) is 2.96. The summed E-state index contributed by atoms with van der Waals surface area (Å²) < 4.78 is 0. The molecule has 1 amide bonds. The van der Waals surface area contributed by atoms with Crippen molar-refractivity contribution in [1.82, 2.24) is 10.3 Å². The summed E-state index contributed by atoms with van der Waals surface area (Å²) in [6.07, 6.45) is 0. The number of anilines is 2. The Labute approximate surface area is 93.3 Å². The van der Waals surface area contributed by atoms with E-state index < -0.39 is 0 Å². The van der Waals surface area contributed by atoms with Gasteiger partial charge in [-0.05, 0) is 13.8 Å². The number of thiazole rings is 1. The Balaban J connectivity index is 2.99. The summed E-state index contributed by atoms with van der Waals surface area (Å²) in [6.45, 7) is 5.80. The second kappa shape index (κ2) is 4.97. The lowest BCUT2D eigenvalue weighted by molar-refractivity contribution is 0.0968. The fourth-order valence-electron chi connectivity index (χ4n) is 1.23. The third kappa shape index (κ3) is 2.38. The number of hydrogen-bond donors (Lipinski definition) is 2. The molecule has 0 spiro atoms. The van der Waals surface area contributed by atoms with Crippen LogP contribution in [0.5, 0.6) is 0 Å². The van der Waals surface area contributed by atoms with Gasteiger partial charge in [-0.25, -0.2) is 4.98 Å². The van der Waals surface area contributed by atoms with Crippen LogP contribution in [0.4, 0.5) is 10.9 Å². The number of carbonyl (C=O) groups is 1. The zero-order valence-corrected chi connectivity index (χ0v) is 10.0. The molecule has 0 saturated carbocycles. The maximum absolute atomic E-state index is 11.4. The first kappa shape index (κ1) is 11.8. The van der Waals surface area contributed by atoms with Gasteiger partial charge in [0.1, 0.15) is 10.7 Å². The third-order valence-electron chi connectivity index (χ3n) is 2.11. The summed E-state index contributed by atoms with van der Waals surface area (Å²) >= 11 is 1.33. The van der Waals surface area contributed by atoms with Gasteiger partial charge in [0.15, 0.2) is 5.13 Å². The summed E-state index contributed by atoms with van der Waals surface area (Å²) in [7, 11) is 1.58. The normalized spacial score (nSPS) is 10.1. The second-order valence-corrected chi connectivity index (χ2v) is 3.94. The van der Waals surface area contributed by atoms with E-state index in [0.29, 0.717) is 10.7 Å². The monoisotopic (exact) mass is 228 g/mol. The van der Waals surface area contributed by atoms with Gasteiger partial charge in [0.05, 0.1) is 0 Å². The van der Waals surface area contributed by atoms with Gasteiger partial charge in [-0.15, -0.1) is 0 Å². The van der Waals surface area contributed by atoms with E-state index >= 15 is 0 Å².